The maximum atomic E-state index is 10.8. The van der Waals surface area contributed by atoms with Gasteiger partial charge in [-0.05, 0) is 25.2 Å². The summed E-state index contributed by atoms with van der Waals surface area (Å²) in [5, 5.41) is 0. The first-order valence-electron chi connectivity index (χ1n) is 5.60. The second-order valence-electron chi connectivity index (χ2n) is 3.87. The Morgan fingerprint density at radius 1 is 1.53 bits per heavy atom. The molecule has 0 fully saturated rings. The first kappa shape index (κ1) is 14.2. The molecule has 3 heteroatoms. The number of primary amides is 1. The number of hydrogen-bond donors (Lipinski definition) is 1. The van der Waals surface area contributed by atoms with Gasteiger partial charge in [0.15, 0.2) is 0 Å². The number of allylic oxidation sites excluding steroid dienone is 2. The number of nitrogens with two attached hydrogens (primary N) is 1. The molecule has 0 rings (SSSR count). The summed E-state index contributed by atoms with van der Waals surface area (Å²) in [6, 6.07) is 0. The molecule has 0 aliphatic carbocycles. The normalized spacial score (nSPS) is 15.4. The van der Waals surface area contributed by atoms with Gasteiger partial charge in [-0.25, -0.2) is 0 Å². The van der Waals surface area contributed by atoms with Crippen LogP contribution >= 0.6 is 0 Å². The highest BCUT2D eigenvalue weighted by atomic mass is 16.5. The van der Waals surface area contributed by atoms with Crippen LogP contribution in [0.25, 0.3) is 0 Å². The highest BCUT2D eigenvalue weighted by molar-refractivity contribution is 5.78. The zero-order valence-corrected chi connectivity index (χ0v) is 10.0. The number of ether oxygens (including phenoxy) is 1. The quantitative estimate of drug-likeness (QED) is 0.496. The lowest BCUT2D eigenvalue weighted by atomic mass is 10.1. The van der Waals surface area contributed by atoms with Crippen LogP contribution in [0.15, 0.2) is 12.2 Å². The molecular weight excluding hydrogens is 190 g/mol. The topological polar surface area (TPSA) is 52.3 Å². The van der Waals surface area contributed by atoms with Crippen molar-refractivity contribution < 1.29 is 9.53 Å². The Hall–Kier alpha value is -0.830. The highest BCUT2D eigenvalue weighted by Crippen LogP contribution is 2.07. The standard InChI is InChI=1S/C12H23NO2/c1-4-10(2)8-6-5-7-9-11(15-3)12(13)14/h6,8,10-11H,4-5,7,9H2,1-3H3,(H2,13,14). The zero-order valence-electron chi connectivity index (χ0n) is 10.0. The van der Waals surface area contributed by atoms with E-state index in [1.165, 1.54) is 13.5 Å². The van der Waals surface area contributed by atoms with Gasteiger partial charge in [-0.2, -0.15) is 0 Å². The SMILES string of the molecule is CCC(C)C=CCCCC(OC)C(N)=O. The van der Waals surface area contributed by atoms with Crippen LogP contribution in [0, 0.1) is 5.92 Å². The van der Waals surface area contributed by atoms with Gasteiger partial charge in [0, 0.05) is 7.11 Å². The Labute approximate surface area is 92.7 Å². The van der Waals surface area contributed by atoms with Crippen molar-refractivity contribution in [2.45, 2.75) is 45.6 Å². The van der Waals surface area contributed by atoms with Gasteiger partial charge in [0.05, 0.1) is 0 Å². The van der Waals surface area contributed by atoms with Gasteiger partial charge in [0.25, 0.3) is 0 Å². The number of methoxy groups -OCH3 is 1. The van der Waals surface area contributed by atoms with Gasteiger partial charge in [-0.3, -0.25) is 4.79 Å². The van der Waals surface area contributed by atoms with Crippen LogP contribution in [0.4, 0.5) is 0 Å². The lowest BCUT2D eigenvalue weighted by Crippen LogP contribution is -2.29. The molecule has 15 heavy (non-hydrogen) atoms. The molecule has 0 heterocycles. The number of carbonyl (C=O) groups is 1. The molecule has 0 bridgehead atoms. The van der Waals surface area contributed by atoms with Crippen molar-refractivity contribution in [3.63, 3.8) is 0 Å². The van der Waals surface area contributed by atoms with Crippen molar-refractivity contribution in [1.82, 2.24) is 0 Å². The summed E-state index contributed by atoms with van der Waals surface area (Å²) < 4.78 is 4.96. The van der Waals surface area contributed by atoms with Crippen molar-refractivity contribution in [1.29, 1.82) is 0 Å². The monoisotopic (exact) mass is 213 g/mol. The Kier molecular flexibility index (Phi) is 8.01. The maximum Gasteiger partial charge on any atom is 0.246 e. The van der Waals surface area contributed by atoms with E-state index >= 15 is 0 Å². The largest absolute Gasteiger partial charge is 0.372 e. The summed E-state index contributed by atoms with van der Waals surface area (Å²) in [5.74, 6) is 0.266. The minimum absolute atomic E-state index is 0.372. The Balaban J connectivity index is 3.61. The van der Waals surface area contributed by atoms with Crippen molar-refractivity contribution in [3.05, 3.63) is 12.2 Å². The molecule has 0 saturated heterocycles. The number of amides is 1. The van der Waals surface area contributed by atoms with Crippen LogP contribution in [0.5, 0.6) is 0 Å². The Bertz CT molecular complexity index is 202. The summed E-state index contributed by atoms with van der Waals surface area (Å²) in [5.41, 5.74) is 5.15. The molecule has 88 valence electrons. The Morgan fingerprint density at radius 3 is 2.67 bits per heavy atom. The average molecular weight is 213 g/mol. The van der Waals surface area contributed by atoms with Gasteiger partial charge in [0.1, 0.15) is 6.10 Å². The van der Waals surface area contributed by atoms with Crippen LogP contribution in [0.1, 0.15) is 39.5 Å². The first-order valence-corrected chi connectivity index (χ1v) is 5.60. The second kappa shape index (κ2) is 8.48. The summed E-state index contributed by atoms with van der Waals surface area (Å²) in [4.78, 5) is 10.8. The fourth-order valence-corrected chi connectivity index (χ4v) is 1.26. The van der Waals surface area contributed by atoms with E-state index in [4.69, 9.17) is 10.5 Å². The second-order valence-corrected chi connectivity index (χ2v) is 3.87. The molecule has 0 radical (unpaired) electrons. The van der Waals surface area contributed by atoms with Crippen LogP contribution in [0.2, 0.25) is 0 Å². The van der Waals surface area contributed by atoms with Crippen LogP contribution in [0.3, 0.4) is 0 Å². The third kappa shape index (κ3) is 7.14. The third-order valence-corrected chi connectivity index (χ3v) is 2.55. The number of rotatable bonds is 8. The van der Waals surface area contributed by atoms with E-state index in [-0.39, 0.29) is 5.91 Å². The van der Waals surface area contributed by atoms with Crippen LogP contribution in [-0.2, 0) is 9.53 Å². The molecule has 0 aromatic carbocycles. The summed E-state index contributed by atoms with van der Waals surface area (Å²) in [7, 11) is 1.52. The van der Waals surface area contributed by atoms with E-state index in [2.05, 4.69) is 26.0 Å². The number of unbranched alkanes of at least 4 members (excludes halogenated alkanes) is 1. The molecule has 0 aromatic rings. The highest BCUT2D eigenvalue weighted by Gasteiger charge is 2.12. The molecule has 2 unspecified atom stereocenters. The van der Waals surface area contributed by atoms with Crippen molar-refractivity contribution in [2.75, 3.05) is 7.11 Å². The lowest BCUT2D eigenvalue weighted by Gasteiger charge is -2.09. The van der Waals surface area contributed by atoms with Crippen molar-refractivity contribution in [2.24, 2.45) is 11.7 Å². The first-order chi connectivity index (χ1) is 7.11. The van der Waals surface area contributed by atoms with Gasteiger partial charge < -0.3 is 10.5 Å². The summed E-state index contributed by atoms with van der Waals surface area (Å²) >= 11 is 0. The Morgan fingerprint density at radius 2 is 2.20 bits per heavy atom. The molecule has 2 atom stereocenters. The van der Waals surface area contributed by atoms with Crippen LogP contribution in [-0.4, -0.2) is 19.1 Å². The zero-order chi connectivity index (χ0) is 11.7. The minimum Gasteiger partial charge on any atom is -0.372 e. The van der Waals surface area contributed by atoms with E-state index in [9.17, 15) is 4.79 Å². The lowest BCUT2D eigenvalue weighted by molar-refractivity contribution is -0.128. The number of carbonyl (C=O) groups excluding carboxylic acids is 1. The molecule has 1 amide bonds. The molecule has 0 aromatic heterocycles. The third-order valence-electron chi connectivity index (χ3n) is 2.55. The summed E-state index contributed by atoms with van der Waals surface area (Å²) in [6.45, 7) is 4.36. The molecule has 0 spiro atoms. The molecule has 2 N–H and O–H groups in total. The van der Waals surface area contributed by atoms with Crippen LogP contribution < -0.4 is 5.73 Å². The van der Waals surface area contributed by atoms with E-state index in [0.29, 0.717) is 12.3 Å². The molecule has 0 aliphatic rings. The molecule has 0 aliphatic heterocycles. The maximum absolute atomic E-state index is 10.8. The van der Waals surface area contributed by atoms with E-state index in [1.54, 1.807) is 0 Å². The van der Waals surface area contributed by atoms with Gasteiger partial charge in [0.2, 0.25) is 5.91 Å². The van der Waals surface area contributed by atoms with E-state index < -0.39 is 6.10 Å². The average Bonchev–Trinajstić information content (AvgIpc) is 2.22. The van der Waals surface area contributed by atoms with Crippen molar-refractivity contribution in [3.8, 4) is 0 Å². The van der Waals surface area contributed by atoms with Gasteiger partial charge in [-0.1, -0.05) is 32.4 Å². The predicted molar refractivity (Wildman–Crippen MR) is 62.4 cm³/mol. The number of hydrogen-bond acceptors (Lipinski definition) is 2. The molecular formula is C12H23NO2. The summed E-state index contributed by atoms with van der Waals surface area (Å²) in [6.07, 6.45) is 7.75. The van der Waals surface area contributed by atoms with E-state index in [1.807, 2.05) is 0 Å². The van der Waals surface area contributed by atoms with Gasteiger partial charge >= 0.3 is 0 Å². The predicted octanol–water partition coefficient (Wildman–Crippen LogP) is 2.26. The minimum atomic E-state index is -0.429. The van der Waals surface area contributed by atoms with Gasteiger partial charge in [-0.15, -0.1) is 0 Å². The fourth-order valence-electron chi connectivity index (χ4n) is 1.26. The van der Waals surface area contributed by atoms with Crippen molar-refractivity contribution >= 4 is 5.91 Å². The smallest absolute Gasteiger partial charge is 0.246 e. The fraction of sp³-hybridized carbons (Fsp3) is 0.750. The molecule has 0 saturated carbocycles. The van der Waals surface area contributed by atoms with E-state index in [0.717, 1.165) is 12.8 Å². The molecule has 3 nitrogen and oxygen atoms in total.